The van der Waals surface area contributed by atoms with Gasteiger partial charge >= 0.3 is 0 Å². The lowest BCUT2D eigenvalue weighted by Crippen LogP contribution is -2.33. The molecule has 2 aromatic rings. The smallest absolute Gasteiger partial charge is 0.272 e. The van der Waals surface area contributed by atoms with Gasteiger partial charge in [0, 0.05) is 30.3 Å². The Morgan fingerprint density at radius 2 is 2.14 bits per heavy atom. The average molecular weight is 292 g/mol. The summed E-state index contributed by atoms with van der Waals surface area (Å²) in [5, 5.41) is 6.28. The van der Waals surface area contributed by atoms with E-state index < -0.39 is 11.6 Å². The van der Waals surface area contributed by atoms with E-state index in [1.807, 2.05) is 0 Å². The highest BCUT2D eigenvalue weighted by Crippen LogP contribution is 2.30. The van der Waals surface area contributed by atoms with Gasteiger partial charge in [-0.2, -0.15) is 5.10 Å². The number of nitrogens with two attached hydrogens (primary N) is 1. The Kier molecular flexibility index (Phi) is 3.32. The van der Waals surface area contributed by atoms with Gasteiger partial charge in [-0.05, 0) is 18.9 Å². The predicted octanol–water partition coefficient (Wildman–Crippen LogP) is 2.07. The molecule has 21 heavy (non-hydrogen) atoms. The maximum atomic E-state index is 13.7. The van der Waals surface area contributed by atoms with Crippen molar-refractivity contribution in [3.8, 4) is 0 Å². The molecule has 110 valence electrons. The van der Waals surface area contributed by atoms with Crippen molar-refractivity contribution in [2.45, 2.75) is 25.4 Å². The lowest BCUT2D eigenvalue weighted by molar-refractivity contribution is 0.0722. The van der Waals surface area contributed by atoms with E-state index in [2.05, 4.69) is 10.2 Å². The Bertz CT molecular complexity index is 681. The molecule has 0 saturated heterocycles. The van der Waals surface area contributed by atoms with Crippen LogP contribution in [0, 0.1) is 11.6 Å². The van der Waals surface area contributed by atoms with Crippen molar-refractivity contribution in [3.05, 3.63) is 47.2 Å². The zero-order valence-electron chi connectivity index (χ0n) is 11.1. The van der Waals surface area contributed by atoms with E-state index in [9.17, 15) is 13.6 Å². The Labute approximate surface area is 119 Å². The molecule has 1 heterocycles. The molecule has 3 rings (SSSR count). The summed E-state index contributed by atoms with van der Waals surface area (Å²) >= 11 is 0. The first kappa shape index (κ1) is 13.5. The van der Waals surface area contributed by atoms with Crippen LogP contribution in [0.2, 0.25) is 0 Å². The topological polar surface area (TPSA) is 75.0 Å². The molecule has 0 unspecified atom stereocenters. The number of nitrogens with one attached hydrogen (secondary N) is 1. The summed E-state index contributed by atoms with van der Waals surface area (Å²) in [4.78, 5) is 14.0. The second-order valence-corrected chi connectivity index (χ2v) is 5.11. The number of hydrogen-bond donors (Lipinski definition) is 2. The third kappa shape index (κ3) is 2.86. The van der Waals surface area contributed by atoms with Crippen LogP contribution in [-0.2, 0) is 6.54 Å². The van der Waals surface area contributed by atoms with Crippen molar-refractivity contribution < 1.29 is 13.6 Å². The number of rotatable bonds is 4. The Morgan fingerprint density at radius 3 is 2.71 bits per heavy atom. The number of nitrogen functional groups attached to an aromatic ring is 1. The van der Waals surface area contributed by atoms with Crippen LogP contribution in [0.5, 0.6) is 0 Å². The Hall–Kier alpha value is -2.44. The molecular weight excluding hydrogens is 278 g/mol. The van der Waals surface area contributed by atoms with E-state index in [1.165, 1.54) is 18.2 Å². The quantitative estimate of drug-likeness (QED) is 0.906. The molecule has 0 spiro atoms. The second-order valence-electron chi connectivity index (χ2n) is 5.11. The predicted molar refractivity (Wildman–Crippen MR) is 72.3 cm³/mol. The van der Waals surface area contributed by atoms with Gasteiger partial charge < -0.3 is 10.6 Å². The highest BCUT2D eigenvalue weighted by molar-refractivity contribution is 5.93. The van der Waals surface area contributed by atoms with Gasteiger partial charge in [0.2, 0.25) is 0 Å². The van der Waals surface area contributed by atoms with Gasteiger partial charge in [0.15, 0.2) is 0 Å². The van der Waals surface area contributed by atoms with Gasteiger partial charge in [-0.1, -0.05) is 6.07 Å². The highest BCUT2D eigenvalue weighted by atomic mass is 19.1. The van der Waals surface area contributed by atoms with E-state index in [0.717, 1.165) is 18.9 Å². The molecule has 0 radical (unpaired) electrons. The minimum Gasteiger partial charge on any atom is -0.382 e. The molecule has 1 aliphatic carbocycles. The lowest BCUT2D eigenvalue weighted by Gasteiger charge is -2.22. The molecule has 0 aliphatic heterocycles. The molecule has 1 amide bonds. The maximum absolute atomic E-state index is 13.7. The van der Waals surface area contributed by atoms with Crippen molar-refractivity contribution >= 4 is 11.7 Å². The zero-order chi connectivity index (χ0) is 15.0. The first-order valence-electron chi connectivity index (χ1n) is 6.60. The summed E-state index contributed by atoms with van der Waals surface area (Å²) in [5.74, 6) is -1.35. The molecule has 0 atom stereocenters. The SMILES string of the molecule is Nc1cc(C(=O)N(Cc2ccc(F)cc2F)C2CC2)[nH]n1. The fourth-order valence-corrected chi connectivity index (χ4v) is 2.19. The van der Waals surface area contributed by atoms with E-state index in [4.69, 9.17) is 5.73 Å². The van der Waals surface area contributed by atoms with Gasteiger partial charge in [-0.3, -0.25) is 9.89 Å². The second kappa shape index (κ2) is 5.16. The standard InChI is InChI=1S/C14H14F2N4O/c15-9-2-1-8(11(16)5-9)7-20(10-3-4-10)14(21)12-6-13(17)19-18-12/h1-2,5-6,10H,3-4,7H2,(H3,17,18,19). The molecule has 1 aliphatic rings. The normalized spacial score (nSPS) is 14.2. The first-order chi connectivity index (χ1) is 10.0. The molecule has 1 aromatic heterocycles. The first-order valence-corrected chi connectivity index (χ1v) is 6.60. The van der Waals surface area contributed by atoms with Crippen molar-refractivity contribution in [3.63, 3.8) is 0 Å². The number of anilines is 1. The summed E-state index contributed by atoms with van der Waals surface area (Å²) in [6.45, 7) is 0.0918. The van der Waals surface area contributed by atoms with Crippen LogP contribution in [0.15, 0.2) is 24.3 Å². The fourth-order valence-electron chi connectivity index (χ4n) is 2.19. The number of aromatic nitrogens is 2. The van der Waals surface area contributed by atoms with Crippen LogP contribution in [0.1, 0.15) is 28.9 Å². The molecule has 0 bridgehead atoms. The summed E-state index contributed by atoms with van der Waals surface area (Å²) in [7, 11) is 0. The molecule has 1 aromatic carbocycles. The third-order valence-electron chi connectivity index (χ3n) is 3.43. The van der Waals surface area contributed by atoms with Gasteiger partial charge in [0.05, 0.1) is 0 Å². The Balaban J connectivity index is 1.83. The van der Waals surface area contributed by atoms with Crippen molar-refractivity contribution in [2.24, 2.45) is 0 Å². The molecule has 7 heteroatoms. The van der Waals surface area contributed by atoms with Crippen LogP contribution in [0.3, 0.4) is 0 Å². The van der Waals surface area contributed by atoms with Gasteiger partial charge in [-0.25, -0.2) is 8.78 Å². The summed E-state index contributed by atoms with van der Waals surface area (Å²) in [5.41, 5.74) is 6.03. The number of carbonyl (C=O) groups excluding carboxylic acids is 1. The monoisotopic (exact) mass is 292 g/mol. The van der Waals surface area contributed by atoms with Crippen molar-refractivity contribution in [1.29, 1.82) is 0 Å². The number of hydrogen-bond acceptors (Lipinski definition) is 3. The Morgan fingerprint density at radius 1 is 1.38 bits per heavy atom. The van der Waals surface area contributed by atoms with Gasteiger partial charge in [-0.15, -0.1) is 0 Å². The highest BCUT2D eigenvalue weighted by Gasteiger charge is 2.34. The summed E-state index contributed by atoms with van der Waals surface area (Å²) < 4.78 is 26.7. The number of carbonyl (C=O) groups is 1. The van der Waals surface area contributed by atoms with Crippen LogP contribution >= 0.6 is 0 Å². The number of benzene rings is 1. The van der Waals surface area contributed by atoms with E-state index >= 15 is 0 Å². The minimum absolute atomic E-state index is 0.0754. The van der Waals surface area contributed by atoms with Gasteiger partial charge in [0.25, 0.3) is 5.91 Å². The minimum atomic E-state index is -0.655. The number of halogens is 2. The fraction of sp³-hybridized carbons (Fsp3) is 0.286. The van der Waals surface area contributed by atoms with Crippen LogP contribution in [0.4, 0.5) is 14.6 Å². The lowest BCUT2D eigenvalue weighted by atomic mass is 10.2. The van der Waals surface area contributed by atoms with Gasteiger partial charge in [0.1, 0.15) is 23.1 Å². The number of nitrogens with zero attached hydrogens (tertiary/aromatic N) is 2. The maximum Gasteiger partial charge on any atom is 0.272 e. The number of aromatic amines is 1. The van der Waals surface area contributed by atoms with E-state index in [1.54, 1.807) is 4.90 Å². The summed E-state index contributed by atoms with van der Waals surface area (Å²) in [6, 6.07) is 4.88. The molecule has 3 N–H and O–H groups in total. The molecule has 5 nitrogen and oxygen atoms in total. The average Bonchev–Trinajstić information content (AvgIpc) is 3.18. The molecule has 1 saturated carbocycles. The largest absolute Gasteiger partial charge is 0.382 e. The van der Waals surface area contributed by atoms with Crippen molar-refractivity contribution in [1.82, 2.24) is 15.1 Å². The van der Waals surface area contributed by atoms with E-state index in [0.29, 0.717) is 0 Å². The molecule has 1 fully saturated rings. The van der Waals surface area contributed by atoms with E-state index in [-0.39, 0.29) is 35.6 Å². The zero-order valence-corrected chi connectivity index (χ0v) is 11.1. The third-order valence-corrected chi connectivity index (χ3v) is 3.43. The van der Waals surface area contributed by atoms with Crippen LogP contribution in [-0.4, -0.2) is 27.0 Å². The summed E-state index contributed by atoms with van der Waals surface area (Å²) in [6.07, 6.45) is 1.75. The van der Waals surface area contributed by atoms with Crippen molar-refractivity contribution in [2.75, 3.05) is 5.73 Å². The number of H-pyrrole nitrogens is 1. The van der Waals surface area contributed by atoms with Crippen LogP contribution < -0.4 is 5.73 Å². The molecular formula is C14H14F2N4O. The number of amides is 1. The van der Waals surface area contributed by atoms with Crippen LogP contribution in [0.25, 0.3) is 0 Å².